The summed E-state index contributed by atoms with van der Waals surface area (Å²) in [5.74, 6) is 0.963. The van der Waals surface area contributed by atoms with Crippen LogP contribution in [-0.4, -0.2) is 44.3 Å². The second-order valence-electron chi connectivity index (χ2n) is 4.93. The molecule has 19 heavy (non-hydrogen) atoms. The number of hydrogen-bond donors (Lipinski definition) is 1. The Morgan fingerprint density at radius 1 is 1.11 bits per heavy atom. The Kier molecular flexibility index (Phi) is 3.59. The van der Waals surface area contributed by atoms with E-state index in [1.165, 1.54) is 6.42 Å². The summed E-state index contributed by atoms with van der Waals surface area (Å²) in [4.78, 5) is 15.4. The summed E-state index contributed by atoms with van der Waals surface area (Å²) in [7, 11) is 0. The molecular weight excluding hydrogens is 242 g/mol. The molecule has 6 nitrogen and oxygen atoms in total. The van der Waals surface area contributed by atoms with Crippen molar-refractivity contribution in [3.63, 3.8) is 0 Å². The van der Waals surface area contributed by atoms with Crippen LogP contribution in [0, 0.1) is 0 Å². The highest BCUT2D eigenvalue weighted by Crippen LogP contribution is 2.25. The first-order valence-electron chi connectivity index (χ1n) is 6.92. The van der Waals surface area contributed by atoms with Crippen LogP contribution in [0.1, 0.15) is 25.7 Å². The average molecular weight is 261 g/mol. The molecule has 1 saturated heterocycles. The molecule has 0 unspecified atom stereocenters. The van der Waals surface area contributed by atoms with E-state index in [1.807, 2.05) is 6.33 Å². The lowest BCUT2D eigenvalue weighted by Gasteiger charge is -2.31. The van der Waals surface area contributed by atoms with Crippen molar-refractivity contribution >= 4 is 17.0 Å². The number of imidazole rings is 1. The van der Waals surface area contributed by atoms with E-state index in [0.717, 1.165) is 55.9 Å². The van der Waals surface area contributed by atoms with Crippen LogP contribution in [0.15, 0.2) is 12.7 Å². The van der Waals surface area contributed by atoms with Crippen molar-refractivity contribution in [2.75, 3.05) is 24.6 Å². The summed E-state index contributed by atoms with van der Waals surface area (Å²) in [6.07, 6.45) is 7.63. The van der Waals surface area contributed by atoms with Crippen molar-refractivity contribution in [1.82, 2.24) is 19.5 Å². The Morgan fingerprint density at radius 2 is 2.00 bits per heavy atom. The molecule has 2 aromatic heterocycles. The molecule has 1 aliphatic heterocycles. The van der Waals surface area contributed by atoms with Gasteiger partial charge >= 0.3 is 0 Å². The maximum absolute atomic E-state index is 8.78. The van der Waals surface area contributed by atoms with Crippen molar-refractivity contribution in [2.45, 2.75) is 32.2 Å². The Balaban J connectivity index is 1.78. The van der Waals surface area contributed by atoms with Crippen molar-refractivity contribution in [2.24, 2.45) is 0 Å². The molecule has 1 N–H and O–H groups in total. The van der Waals surface area contributed by atoms with Crippen LogP contribution >= 0.6 is 0 Å². The molecule has 3 heterocycles. The van der Waals surface area contributed by atoms with E-state index in [2.05, 4.69) is 24.4 Å². The van der Waals surface area contributed by atoms with Gasteiger partial charge in [-0.3, -0.25) is 0 Å². The minimum atomic E-state index is 0.270. The van der Waals surface area contributed by atoms with Gasteiger partial charge in [0.25, 0.3) is 0 Å². The zero-order chi connectivity index (χ0) is 13.1. The van der Waals surface area contributed by atoms with E-state index in [0.29, 0.717) is 0 Å². The fraction of sp³-hybridized carbons (Fsp3) is 0.615. The lowest BCUT2D eigenvalue weighted by Crippen LogP contribution is -2.37. The van der Waals surface area contributed by atoms with E-state index in [4.69, 9.17) is 5.11 Å². The van der Waals surface area contributed by atoms with Gasteiger partial charge in [-0.25, -0.2) is 15.0 Å². The SMILES string of the molecule is OCCCCCn1cnc2c(N3CCC3)ncnc21. The Bertz CT molecular complexity index is 549. The third kappa shape index (κ3) is 2.40. The molecule has 0 radical (unpaired) electrons. The predicted molar refractivity (Wildman–Crippen MR) is 73.1 cm³/mol. The number of rotatable bonds is 6. The number of hydrogen-bond acceptors (Lipinski definition) is 5. The summed E-state index contributed by atoms with van der Waals surface area (Å²) in [6, 6.07) is 0. The second-order valence-corrected chi connectivity index (χ2v) is 4.93. The smallest absolute Gasteiger partial charge is 0.165 e. The molecule has 3 rings (SSSR count). The highest BCUT2D eigenvalue weighted by atomic mass is 16.2. The number of aliphatic hydroxyl groups is 1. The highest BCUT2D eigenvalue weighted by Gasteiger charge is 2.20. The minimum Gasteiger partial charge on any atom is -0.396 e. The molecule has 2 aromatic rings. The van der Waals surface area contributed by atoms with Gasteiger partial charge in [0.1, 0.15) is 6.33 Å². The van der Waals surface area contributed by atoms with Gasteiger partial charge in [-0.1, -0.05) is 0 Å². The Morgan fingerprint density at radius 3 is 2.74 bits per heavy atom. The number of fused-ring (bicyclic) bond motifs is 1. The number of nitrogens with zero attached hydrogens (tertiary/aromatic N) is 5. The monoisotopic (exact) mass is 261 g/mol. The van der Waals surface area contributed by atoms with Crippen LogP contribution in [0.25, 0.3) is 11.2 Å². The molecule has 102 valence electrons. The standard InChI is InChI=1S/C13H19N5O/c19-8-3-1-2-5-18-10-16-11-12(17-6-4-7-17)14-9-15-13(11)18/h9-10,19H,1-8H2. The van der Waals surface area contributed by atoms with Gasteiger partial charge in [0.15, 0.2) is 17.0 Å². The molecule has 0 atom stereocenters. The first-order chi connectivity index (χ1) is 9.40. The average Bonchev–Trinajstić information content (AvgIpc) is 2.77. The largest absolute Gasteiger partial charge is 0.396 e. The first kappa shape index (κ1) is 12.3. The van der Waals surface area contributed by atoms with Gasteiger partial charge in [-0.05, 0) is 25.7 Å². The highest BCUT2D eigenvalue weighted by molar-refractivity contribution is 5.83. The summed E-state index contributed by atoms with van der Waals surface area (Å²) >= 11 is 0. The molecule has 6 heteroatoms. The van der Waals surface area contributed by atoms with Crippen LogP contribution in [0.5, 0.6) is 0 Å². The van der Waals surface area contributed by atoms with Gasteiger partial charge in [-0.2, -0.15) is 0 Å². The molecule has 1 fully saturated rings. The topological polar surface area (TPSA) is 67.1 Å². The quantitative estimate of drug-likeness (QED) is 0.791. The molecule has 0 bridgehead atoms. The van der Waals surface area contributed by atoms with Crippen LogP contribution in [-0.2, 0) is 6.54 Å². The lowest BCUT2D eigenvalue weighted by molar-refractivity contribution is 0.282. The third-order valence-electron chi connectivity index (χ3n) is 3.59. The second kappa shape index (κ2) is 5.52. The third-order valence-corrected chi connectivity index (χ3v) is 3.59. The summed E-state index contributed by atoms with van der Waals surface area (Å²) in [5, 5.41) is 8.78. The van der Waals surface area contributed by atoms with Crippen molar-refractivity contribution < 1.29 is 5.11 Å². The van der Waals surface area contributed by atoms with Gasteiger partial charge in [0.05, 0.1) is 6.33 Å². The zero-order valence-electron chi connectivity index (χ0n) is 11.0. The van der Waals surface area contributed by atoms with Gasteiger partial charge < -0.3 is 14.6 Å². The summed E-state index contributed by atoms with van der Waals surface area (Å²) in [5.41, 5.74) is 1.82. The van der Waals surface area contributed by atoms with E-state index in [9.17, 15) is 0 Å². The van der Waals surface area contributed by atoms with E-state index >= 15 is 0 Å². The Labute approximate surface area is 112 Å². The zero-order valence-corrected chi connectivity index (χ0v) is 11.0. The number of unbranched alkanes of at least 4 members (excludes halogenated alkanes) is 2. The maximum Gasteiger partial charge on any atom is 0.165 e. The van der Waals surface area contributed by atoms with Crippen LogP contribution in [0.2, 0.25) is 0 Å². The van der Waals surface area contributed by atoms with Crippen LogP contribution in [0.3, 0.4) is 0 Å². The van der Waals surface area contributed by atoms with Gasteiger partial charge in [0, 0.05) is 26.2 Å². The van der Waals surface area contributed by atoms with E-state index in [-0.39, 0.29) is 6.61 Å². The van der Waals surface area contributed by atoms with Crippen molar-refractivity contribution in [1.29, 1.82) is 0 Å². The normalized spacial score (nSPS) is 14.9. The number of aromatic nitrogens is 4. The maximum atomic E-state index is 8.78. The molecule has 1 aliphatic rings. The number of anilines is 1. The molecule has 0 spiro atoms. The van der Waals surface area contributed by atoms with E-state index in [1.54, 1.807) is 6.33 Å². The molecule has 0 saturated carbocycles. The fourth-order valence-corrected chi connectivity index (χ4v) is 2.36. The molecular formula is C13H19N5O. The number of aliphatic hydroxyl groups excluding tert-OH is 1. The van der Waals surface area contributed by atoms with Crippen LogP contribution in [0.4, 0.5) is 5.82 Å². The predicted octanol–water partition coefficient (Wildman–Crippen LogP) is 1.20. The summed E-state index contributed by atoms with van der Waals surface area (Å²) < 4.78 is 2.08. The van der Waals surface area contributed by atoms with E-state index < -0.39 is 0 Å². The first-order valence-corrected chi connectivity index (χ1v) is 6.92. The Hall–Kier alpha value is -1.69. The molecule has 0 amide bonds. The van der Waals surface area contributed by atoms with Gasteiger partial charge in [0.2, 0.25) is 0 Å². The van der Waals surface area contributed by atoms with Crippen LogP contribution < -0.4 is 4.90 Å². The van der Waals surface area contributed by atoms with Gasteiger partial charge in [-0.15, -0.1) is 0 Å². The fourth-order valence-electron chi connectivity index (χ4n) is 2.36. The minimum absolute atomic E-state index is 0.270. The number of aryl methyl sites for hydroxylation is 1. The van der Waals surface area contributed by atoms with Crippen molar-refractivity contribution in [3.05, 3.63) is 12.7 Å². The lowest BCUT2D eigenvalue weighted by atomic mass is 10.2. The molecule has 0 aromatic carbocycles. The van der Waals surface area contributed by atoms with Crippen molar-refractivity contribution in [3.8, 4) is 0 Å². The summed E-state index contributed by atoms with van der Waals surface area (Å²) in [6.45, 7) is 3.30. The molecule has 0 aliphatic carbocycles.